The van der Waals surface area contributed by atoms with Crippen molar-refractivity contribution in [3.05, 3.63) is 47.0 Å². The molecule has 31 heavy (non-hydrogen) atoms. The zero-order valence-electron chi connectivity index (χ0n) is 18.5. The van der Waals surface area contributed by atoms with Crippen molar-refractivity contribution in [3.8, 4) is 0 Å². The normalized spacial score (nSPS) is 10.7. The highest BCUT2D eigenvalue weighted by Crippen LogP contribution is 2.16. The van der Waals surface area contributed by atoms with Crippen LogP contribution in [0.25, 0.3) is 0 Å². The molecule has 0 saturated carbocycles. The van der Waals surface area contributed by atoms with E-state index < -0.39 is 0 Å². The van der Waals surface area contributed by atoms with Crippen LogP contribution >= 0.6 is 11.3 Å². The number of amides is 3. The van der Waals surface area contributed by atoms with E-state index in [1.54, 1.807) is 34.5 Å². The molecule has 1 aromatic heterocycles. The second-order valence-corrected chi connectivity index (χ2v) is 8.73. The Kier molecular flexibility index (Phi) is 10.2. The fourth-order valence-electron chi connectivity index (χ4n) is 3.03. The summed E-state index contributed by atoms with van der Waals surface area (Å²) in [5, 5.41) is 7.82. The Balaban J connectivity index is 1.90. The van der Waals surface area contributed by atoms with E-state index in [1.807, 2.05) is 19.9 Å². The van der Waals surface area contributed by atoms with Crippen molar-refractivity contribution in [1.29, 1.82) is 0 Å². The number of unbranched alkanes of at least 4 members (excludes halogenated alkanes) is 2. The van der Waals surface area contributed by atoms with E-state index in [1.165, 1.54) is 11.3 Å². The topological polar surface area (TPSA) is 91.4 Å². The average molecular weight is 445 g/mol. The molecule has 2 aromatic rings. The maximum Gasteiger partial charge on any atom is 0.254 e. The molecular weight excluding hydrogens is 412 g/mol. The summed E-state index contributed by atoms with van der Waals surface area (Å²) in [4.78, 5) is 43.2. The third-order valence-electron chi connectivity index (χ3n) is 4.47. The van der Waals surface area contributed by atoms with Crippen LogP contribution in [0, 0.1) is 5.92 Å². The average Bonchev–Trinajstić information content (AvgIpc) is 3.17. The van der Waals surface area contributed by atoms with Gasteiger partial charge in [-0.3, -0.25) is 14.4 Å². The number of thiazole rings is 1. The van der Waals surface area contributed by atoms with Gasteiger partial charge < -0.3 is 15.5 Å². The summed E-state index contributed by atoms with van der Waals surface area (Å²) in [7, 11) is 0. The number of hydrogen-bond donors (Lipinski definition) is 2. The molecule has 2 N–H and O–H groups in total. The van der Waals surface area contributed by atoms with Gasteiger partial charge in [0.15, 0.2) is 5.13 Å². The summed E-state index contributed by atoms with van der Waals surface area (Å²) < 4.78 is 0. The predicted octanol–water partition coefficient (Wildman–Crippen LogP) is 3.73. The fraction of sp³-hybridized carbons (Fsp3) is 0.478. The predicted molar refractivity (Wildman–Crippen MR) is 124 cm³/mol. The van der Waals surface area contributed by atoms with Gasteiger partial charge in [-0.1, -0.05) is 51.8 Å². The Hall–Kier alpha value is -2.74. The SMILES string of the molecule is CCCCCNC(=O)Cc1csc(NC(=O)CN(CC(C)C)C(=O)c2ccccc2)n1. The van der Waals surface area contributed by atoms with Crippen molar-refractivity contribution in [2.75, 3.05) is 25.0 Å². The number of carbonyl (C=O) groups is 3. The first-order valence-corrected chi connectivity index (χ1v) is 11.6. The molecular formula is C23H32N4O3S. The molecule has 3 amide bonds. The minimum Gasteiger partial charge on any atom is -0.356 e. The van der Waals surface area contributed by atoms with E-state index in [0.717, 1.165) is 19.3 Å². The van der Waals surface area contributed by atoms with Gasteiger partial charge in [0.1, 0.15) is 6.54 Å². The van der Waals surface area contributed by atoms with Gasteiger partial charge in [0, 0.05) is 24.0 Å². The van der Waals surface area contributed by atoms with Crippen LogP contribution in [0.3, 0.4) is 0 Å². The number of anilines is 1. The van der Waals surface area contributed by atoms with Gasteiger partial charge >= 0.3 is 0 Å². The van der Waals surface area contributed by atoms with Gasteiger partial charge in [-0.05, 0) is 24.5 Å². The Morgan fingerprint density at radius 3 is 2.52 bits per heavy atom. The zero-order chi connectivity index (χ0) is 22.6. The van der Waals surface area contributed by atoms with Crippen molar-refractivity contribution in [2.45, 2.75) is 46.5 Å². The molecule has 1 heterocycles. The lowest BCUT2D eigenvalue weighted by Gasteiger charge is -2.24. The monoisotopic (exact) mass is 444 g/mol. The van der Waals surface area contributed by atoms with Crippen LogP contribution < -0.4 is 10.6 Å². The summed E-state index contributed by atoms with van der Waals surface area (Å²) in [5.74, 6) is -0.336. The molecule has 0 atom stereocenters. The second kappa shape index (κ2) is 12.8. The van der Waals surface area contributed by atoms with E-state index >= 15 is 0 Å². The molecule has 0 saturated heterocycles. The van der Waals surface area contributed by atoms with Gasteiger partial charge in [-0.2, -0.15) is 0 Å². The van der Waals surface area contributed by atoms with Crippen LogP contribution in [-0.4, -0.2) is 47.2 Å². The Labute approximate surface area is 188 Å². The fourth-order valence-corrected chi connectivity index (χ4v) is 3.76. The third-order valence-corrected chi connectivity index (χ3v) is 5.28. The highest BCUT2D eigenvalue weighted by atomic mass is 32.1. The first-order chi connectivity index (χ1) is 14.9. The molecule has 0 radical (unpaired) electrons. The lowest BCUT2D eigenvalue weighted by Crippen LogP contribution is -2.40. The molecule has 168 valence electrons. The van der Waals surface area contributed by atoms with E-state index in [9.17, 15) is 14.4 Å². The van der Waals surface area contributed by atoms with Crippen molar-refractivity contribution < 1.29 is 14.4 Å². The lowest BCUT2D eigenvalue weighted by atomic mass is 10.1. The molecule has 0 spiro atoms. The highest BCUT2D eigenvalue weighted by molar-refractivity contribution is 7.13. The van der Waals surface area contributed by atoms with Crippen molar-refractivity contribution in [1.82, 2.24) is 15.2 Å². The van der Waals surface area contributed by atoms with E-state index in [2.05, 4.69) is 22.5 Å². The quantitative estimate of drug-likeness (QED) is 0.488. The summed E-state index contributed by atoms with van der Waals surface area (Å²) in [6.45, 7) is 7.21. The number of nitrogens with zero attached hydrogens (tertiary/aromatic N) is 2. The first-order valence-electron chi connectivity index (χ1n) is 10.7. The van der Waals surface area contributed by atoms with E-state index in [-0.39, 0.29) is 36.6 Å². The Morgan fingerprint density at radius 2 is 1.84 bits per heavy atom. The molecule has 7 nitrogen and oxygen atoms in total. The van der Waals surface area contributed by atoms with Crippen molar-refractivity contribution in [3.63, 3.8) is 0 Å². The molecule has 0 aliphatic carbocycles. The summed E-state index contributed by atoms with van der Waals surface area (Å²) >= 11 is 1.27. The maximum absolute atomic E-state index is 12.8. The number of nitrogens with one attached hydrogen (secondary N) is 2. The molecule has 0 aliphatic heterocycles. The minimum atomic E-state index is -0.310. The van der Waals surface area contributed by atoms with Crippen molar-refractivity contribution >= 4 is 34.2 Å². The molecule has 0 fully saturated rings. The first kappa shape index (κ1) is 24.5. The van der Waals surface area contributed by atoms with Crippen LogP contribution in [-0.2, 0) is 16.0 Å². The van der Waals surface area contributed by atoms with Gasteiger partial charge in [0.05, 0.1) is 12.1 Å². The second-order valence-electron chi connectivity index (χ2n) is 7.87. The molecule has 0 bridgehead atoms. The number of carbonyl (C=O) groups excluding carboxylic acids is 3. The molecule has 0 aliphatic rings. The molecule has 1 aromatic carbocycles. The van der Waals surface area contributed by atoms with Crippen LogP contribution in [0.5, 0.6) is 0 Å². The zero-order valence-corrected chi connectivity index (χ0v) is 19.3. The van der Waals surface area contributed by atoms with Crippen molar-refractivity contribution in [2.24, 2.45) is 5.92 Å². The number of benzene rings is 1. The third kappa shape index (κ3) is 8.88. The van der Waals surface area contributed by atoms with Crippen LogP contribution in [0.2, 0.25) is 0 Å². The van der Waals surface area contributed by atoms with Crippen LogP contribution in [0.4, 0.5) is 5.13 Å². The lowest BCUT2D eigenvalue weighted by molar-refractivity contribution is -0.120. The van der Waals surface area contributed by atoms with E-state index in [0.29, 0.717) is 29.5 Å². The minimum absolute atomic E-state index is 0.0568. The van der Waals surface area contributed by atoms with Gasteiger partial charge in [0.2, 0.25) is 11.8 Å². The Morgan fingerprint density at radius 1 is 1.10 bits per heavy atom. The largest absolute Gasteiger partial charge is 0.356 e. The maximum atomic E-state index is 12.8. The summed E-state index contributed by atoms with van der Waals surface area (Å²) in [6, 6.07) is 8.94. The molecule has 8 heteroatoms. The standard InChI is InChI=1S/C23H32N4O3S/c1-4-5-9-12-24-20(28)13-19-16-31-23(25-19)26-21(29)15-27(14-17(2)3)22(30)18-10-7-6-8-11-18/h6-8,10-11,16-17H,4-5,9,12-15H2,1-3H3,(H,24,28)(H,25,26,29). The van der Waals surface area contributed by atoms with Crippen LogP contribution in [0.1, 0.15) is 56.1 Å². The summed E-state index contributed by atoms with van der Waals surface area (Å²) in [6.07, 6.45) is 3.35. The van der Waals surface area contributed by atoms with Crippen LogP contribution in [0.15, 0.2) is 35.7 Å². The molecule has 2 rings (SSSR count). The van der Waals surface area contributed by atoms with E-state index in [4.69, 9.17) is 0 Å². The van der Waals surface area contributed by atoms with Gasteiger partial charge in [-0.25, -0.2) is 4.98 Å². The van der Waals surface area contributed by atoms with Gasteiger partial charge in [-0.15, -0.1) is 11.3 Å². The summed E-state index contributed by atoms with van der Waals surface area (Å²) in [5.41, 5.74) is 1.17. The number of hydrogen-bond acceptors (Lipinski definition) is 5. The number of rotatable bonds is 12. The highest BCUT2D eigenvalue weighted by Gasteiger charge is 2.20. The molecule has 0 unspecified atom stereocenters. The smallest absolute Gasteiger partial charge is 0.254 e. The van der Waals surface area contributed by atoms with Gasteiger partial charge in [0.25, 0.3) is 5.91 Å². The number of aromatic nitrogens is 1. The Bertz CT molecular complexity index is 852.